The monoisotopic (exact) mass is 465 g/mol. The van der Waals surface area contributed by atoms with E-state index in [9.17, 15) is 19.2 Å². The zero-order valence-corrected chi connectivity index (χ0v) is 19.1. The lowest BCUT2D eigenvalue weighted by Crippen LogP contribution is -2.48. The Labute approximate surface area is 197 Å². The molecular formula is C25H27N3O6. The first-order valence-corrected chi connectivity index (χ1v) is 11.2. The predicted octanol–water partition coefficient (Wildman–Crippen LogP) is 1.93. The molecule has 0 unspecified atom stereocenters. The molecule has 178 valence electrons. The van der Waals surface area contributed by atoms with Gasteiger partial charge in [0.1, 0.15) is 12.1 Å². The molecule has 2 aromatic carbocycles. The van der Waals surface area contributed by atoms with Gasteiger partial charge in [-0.1, -0.05) is 36.4 Å². The molecule has 2 aliphatic rings. The molecule has 1 saturated heterocycles. The molecule has 2 aromatic rings. The third kappa shape index (κ3) is 4.73. The second-order valence-electron chi connectivity index (χ2n) is 8.58. The second-order valence-corrected chi connectivity index (χ2v) is 8.58. The quantitative estimate of drug-likeness (QED) is 0.604. The van der Waals surface area contributed by atoms with Gasteiger partial charge >= 0.3 is 6.03 Å². The van der Waals surface area contributed by atoms with Gasteiger partial charge < -0.3 is 20.1 Å². The molecule has 4 amide bonds. The summed E-state index contributed by atoms with van der Waals surface area (Å²) in [6.45, 7) is 3.50. The van der Waals surface area contributed by atoms with Crippen LogP contribution in [0.25, 0.3) is 0 Å². The van der Waals surface area contributed by atoms with Crippen LogP contribution in [-0.2, 0) is 26.3 Å². The fraction of sp³-hybridized carbons (Fsp3) is 0.360. The van der Waals surface area contributed by atoms with Gasteiger partial charge in [0.15, 0.2) is 17.3 Å². The zero-order chi connectivity index (χ0) is 24.3. The topological polar surface area (TPSA) is 114 Å². The Morgan fingerprint density at radius 1 is 1.09 bits per heavy atom. The molecule has 2 N–H and O–H groups in total. The van der Waals surface area contributed by atoms with Gasteiger partial charge in [0, 0.05) is 6.42 Å². The van der Waals surface area contributed by atoms with Gasteiger partial charge in [-0.15, -0.1) is 0 Å². The summed E-state index contributed by atoms with van der Waals surface area (Å²) in [5.74, 6) is -0.301. The van der Waals surface area contributed by atoms with Crippen LogP contribution in [0, 0.1) is 0 Å². The van der Waals surface area contributed by atoms with Crippen LogP contribution in [0.4, 0.5) is 4.79 Å². The first-order valence-electron chi connectivity index (χ1n) is 11.2. The summed E-state index contributed by atoms with van der Waals surface area (Å²) in [6, 6.07) is 12.9. The van der Waals surface area contributed by atoms with Gasteiger partial charge in [-0.2, -0.15) is 0 Å². The number of ketones is 1. The molecule has 2 aliphatic heterocycles. The van der Waals surface area contributed by atoms with E-state index >= 15 is 0 Å². The Morgan fingerprint density at radius 2 is 1.79 bits per heavy atom. The Hall–Kier alpha value is -3.88. The number of ether oxygens (including phenoxy) is 2. The third-order valence-corrected chi connectivity index (χ3v) is 6.01. The fourth-order valence-electron chi connectivity index (χ4n) is 4.04. The van der Waals surface area contributed by atoms with Crippen LogP contribution in [0.3, 0.4) is 0 Å². The van der Waals surface area contributed by atoms with Crippen molar-refractivity contribution in [2.24, 2.45) is 0 Å². The standard InChI is InChI=1S/C25H27N3O6/c1-16(29)19(13-17-7-4-3-5-8-17)26-22(30)15-28-23(31)25(2,27-24(28)32)18-9-10-20-21(14-18)34-12-6-11-33-20/h3-5,7-10,14,19H,6,11-13,15H2,1-2H3,(H,26,30)(H,27,32)/t19-,25+/m0/s1. The zero-order valence-electron chi connectivity index (χ0n) is 19.1. The van der Waals surface area contributed by atoms with Gasteiger partial charge in [-0.3, -0.25) is 19.3 Å². The number of amides is 4. The maximum Gasteiger partial charge on any atom is 0.325 e. The van der Waals surface area contributed by atoms with Crippen molar-refractivity contribution in [1.82, 2.24) is 15.5 Å². The molecule has 9 heteroatoms. The summed E-state index contributed by atoms with van der Waals surface area (Å²) in [5.41, 5.74) is 0.0372. The third-order valence-electron chi connectivity index (χ3n) is 6.01. The molecule has 0 saturated carbocycles. The van der Waals surface area contributed by atoms with Crippen molar-refractivity contribution in [2.45, 2.75) is 38.3 Å². The molecule has 0 bridgehead atoms. The minimum Gasteiger partial charge on any atom is -0.490 e. The van der Waals surface area contributed by atoms with E-state index < -0.39 is 36.0 Å². The molecule has 2 heterocycles. The molecule has 0 aliphatic carbocycles. The van der Waals surface area contributed by atoms with Crippen molar-refractivity contribution >= 4 is 23.6 Å². The maximum absolute atomic E-state index is 13.2. The molecule has 0 spiro atoms. The number of Topliss-reactive ketones (excluding diaryl/α,β-unsaturated/α-hetero) is 1. The lowest BCUT2D eigenvalue weighted by Gasteiger charge is -2.23. The highest BCUT2D eigenvalue weighted by Gasteiger charge is 2.50. The number of carbonyl (C=O) groups excluding carboxylic acids is 4. The molecule has 2 atom stereocenters. The largest absolute Gasteiger partial charge is 0.490 e. The van der Waals surface area contributed by atoms with Crippen LogP contribution in [-0.4, -0.2) is 54.3 Å². The van der Waals surface area contributed by atoms with Gasteiger partial charge in [-0.25, -0.2) is 4.79 Å². The number of imide groups is 1. The molecule has 1 fully saturated rings. The van der Waals surface area contributed by atoms with Gasteiger partial charge in [-0.05, 0) is 43.5 Å². The molecular weight excluding hydrogens is 438 g/mol. The van der Waals surface area contributed by atoms with E-state index in [2.05, 4.69) is 10.6 Å². The maximum atomic E-state index is 13.2. The highest BCUT2D eigenvalue weighted by Crippen LogP contribution is 2.36. The van der Waals surface area contributed by atoms with Gasteiger partial charge in [0.05, 0.1) is 19.3 Å². The molecule has 9 nitrogen and oxygen atoms in total. The van der Waals surface area contributed by atoms with Crippen LogP contribution in [0.5, 0.6) is 11.5 Å². The van der Waals surface area contributed by atoms with Crippen molar-refractivity contribution in [3.05, 3.63) is 59.7 Å². The van der Waals surface area contributed by atoms with E-state index in [1.54, 1.807) is 25.1 Å². The smallest absolute Gasteiger partial charge is 0.325 e. The summed E-state index contributed by atoms with van der Waals surface area (Å²) >= 11 is 0. The van der Waals surface area contributed by atoms with Crippen LogP contribution in [0.2, 0.25) is 0 Å². The normalized spacial score (nSPS) is 20.4. The van der Waals surface area contributed by atoms with Crippen molar-refractivity contribution < 1.29 is 28.7 Å². The number of hydrogen-bond acceptors (Lipinski definition) is 6. The van der Waals surface area contributed by atoms with E-state index in [1.807, 2.05) is 30.3 Å². The van der Waals surface area contributed by atoms with Gasteiger partial charge in [0.2, 0.25) is 5.91 Å². The SMILES string of the molecule is CC(=O)[C@H](Cc1ccccc1)NC(=O)CN1C(=O)N[C@](C)(c2ccc3c(c2)OCCCO3)C1=O. The summed E-state index contributed by atoms with van der Waals surface area (Å²) in [5, 5.41) is 5.33. The summed E-state index contributed by atoms with van der Waals surface area (Å²) in [4.78, 5) is 51.5. The first kappa shape index (κ1) is 23.3. The number of rotatable bonds is 7. The lowest BCUT2D eigenvalue weighted by atomic mass is 9.91. The number of fused-ring (bicyclic) bond motifs is 1. The van der Waals surface area contributed by atoms with E-state index in [4.69, 9.17) is 9.47 Å². The fourth-order valence-corrected chi connectivity index (χ4v) is 4.04. The Bertz CT molecular complexity index is 1120. The van der Waals surface area contributed by atoms with E-state index in [0.717, 1.165) is 16.9 Å². The van der Waals surface area contributed by atoms with Crippen molar-refractivity contribution in [3.63, 3.8) is 0 Å². The van der Waals surface area contributed by atoms with Crippen molar-refractivity contribution in [3.8, 4) is 11.5 Å². The number of nitrogens with one attached hydrogen (secondary N) is 2. The van der Waals surface area contributed by atoms with E-state index in [0.29, 0.717) is 36.7 Å². The number of urea groups is 1. The number of hydrogen-bond donors (Lipinski definition) is 2. The number of nitrogens with zero attached hydrogens (tertiary/aromatic N) is 1. The van der Waals surface area contributed by atoms with E-state index in [-0.39, 0.29) is 5.78 Å². The van der Waals surface area contributed by atoms with E-state index in [1.165, 1.54) is 6.92 Å². The minimum atomic E-state index is -1.37. The Balaban J connectivity index is 1.46. The number of carbonyl (C=O) groups is 4. The lowest BCUT2D eigenvalue weighted by molar-refractivity contribution is -0.135. The van der Waals surface area contributed by atoms with Crippen LogP contribution in [0.1, 0.15) is 31.4 Å². The predicted molar refractivity (Wildman–Crippen MR) is 122 cm³/mol. The van der Waals surface area contributed by atoms with Crippen LogP contribution in [0.15, 0.2) is 48.5 Å². The summed E-state index contributed by atoms with van der Waals surface area (Å²) < 4.78 is 11.3. The average molecular weight is 466 g/mol. The number of benzene rings is 2. The highest BCUT2D eigenvalue weighted by atomic mass is 16.5. The highest BCUT2D eigenvalue weighted by molar-refractivity contribution is 6.09. The average Bonchev–Trinajstić information content (AvgIpc) is 2.97. The van der Waals surface area contributed by atoms with Crippen LogP contribution < -0.4 is 20.1 Å². The molecule has 0 radical (unpaired) electrons. The summed E-state index contributed by atoms with van der Waals surface area (Å²) in [7, 11) is 0. The second kappa shape index (κ2) is 9.54. The van der Waals surface area contributed by atoms with Crippen molar-refractivity contribution in [2.75, 3.05) is 19.8 Å². The molecule has 34 heavy (non-hydrogen) atoms. The van der Waals surface area contributed by atoms with Gasteiger partial charge in [0.25, 0.3) is 5.91 Å². The Kier molecular flexibility index (Phi) is 6.54. The minimum absolute atomic E-state index is 0.216. The molecule has 0 aromatic heterocycles. The van der Waals surface area contributed by atoms with Crippen LogP contribution >= 0.6 is 0 Å². The summed E-state index contributed by atoms with van der Waals surface area (Å²) in [6.07, 6.45) is 1.06. The molecule has 4 rings (SSSR count). The first-order chi connectivity index (χ1) is 16.3. The Morgan fingerprint density at radius 3 is 2.50 bits per heavy atom. The van der Waals surface area contributed by atoms with Crippen molar-refractivity contribution in [1.29, 1.82) is 0 Å².